The quantitative estimate of drug-likeness (QED) is 0.292. The van der Waals surface area contributed by atoms with E-state index in [1.807, 2.05) is 78.9 Å². The molecular weight excluding hydrogens is 528 g/mol. The number of hydrogen-bond acceptors (Lipinski definition) is 5. The first-order valence-corrected chi connectivity index (χ1v) is 13.7. The van der Waals surface area contributed by atoms with Crippen LogP contribution in [0.1, 0.15) is 36.1 Å². The fourth-order valence-corrected chi connectivity index (χ4v) is 5.21. The zero-order valence-electron chi connectivity index (χ0n) is 22.2. The van der Waals surface area contributed by atoms with Crippen molar-refractivity contribution < 1.29 is 14.7 Å². The van der Waals surface area contributed by atoms with Crippen LogP contribution in [-0.2, 0) is 29.1 Å². The van der Waals surface area contributed by atoms with Crippen molar-refractivity contribution in [3.05, 3.63) is 111 Å². The van der Waals surface area contributed by atoms with Gasteiger partial charge in [0, 0.05) is 42.4 Å². The molecule has 0 spiro atoms. The lowest BCUT2D eigenvalue weighted by molar-refractivity contribution is -0.123. The highest BCUT2D eigenvalue weighted by atomic mass is 35.5. The number of carbonyl (C=O) groups is 2. The molecule has 3 aromatic carbocycles. The highest BCUT2D eigenvalue weighted by Crippen LogP contribution is 2.21. The van der Waals surface area contributed by atoms with Gasteiger partial charge in [-0.15, -0.1) is 0 Å². The van der Waals surface area contributed by atoms with Gasteiger partial charge in [0.15, 0.2) is 0 Å². The fourth-order valence-electron chi connectivity index (χ4n) is 5.08. The van der Waals surface area contributed by atoms with Gasteiger partial charge < -0.3 is 10.4 Å². The van der Waals surface area contributed by atoms with Crippen LogP contribution in [0.5, 0.6) is 0 Å². The zero-order valence-corrected chi connectivity index (χ0v) is 23.0. The summed E-state index contributed by atoms with van der Waals surface area (Å²) in [4.78, 5) is 36.5. The lowest BCUT2D eigenvalue weighted by atomic mass is 10.0. The molecule has 0 aliphatic carbocycles. The topological polar surface area (TPSA) is 105 Å². The molecule has 1 aliphatic rings. The largest absolute Gasteiger partial charge is 0.483 e. The van der Waals surface area contributed by atoms with Crippen LogP contribution in [0.25, 0.3) is 10.8 Å². The maximum atomic E-state index is 13.4. The first-order valence-electron chi connectivity index (χ1n) is 13.3. The molecule has 1 atom stereocenters. The summed E-state index contributed by atoms with van der Waals surface area (Å²) < 4.78 is 1.63. The van der Waals surface area contributed by atoms with Gasteiger partial charge in [0.25, 0.3) is 12.0 Å². The van der Waals surface area contributed by atoms with Crippen molar-refractivity contribution in [1.82, 2.24) is 20.0 Å². The number of likely N-dealkylation sites (tertiary alicyclic amines) is 1. The second-order valence-corrected chi connectivity index (χ2v) is 10.2. The lowest BCUT2D eigenvalue weighted by Gasteiger charge is -2.25. The molecule has 1 amide bonds. The maximum absolute atomic E-state index is 13.4. The number of amides is 1. The summed E-state index contributed by atoms with van der Waals surface area (Å²) in [5, 5.41) is 17.0. The van der Waals surface area contributed by atoms with Crippen molar-refractivity contribution >= 4 is 34.8 Å². The van der Waals surface area contributed by atoms with E-state index in [0.29, 0.717) is 42.9 Å². The van der Waals surface area contributed by atoms with Crippen LogP contribution in [0.2, 0.25) is 5.02 Å². The van der Waals surface area contributed by atoms with E-state index < -0.39 is 0 Å². The number of carboxylic acid groups (broad SMARTS) is 1. The summed E-state index contributed by atoms with van der Waals surface area (Å²) in [6.45, 7) is 2.40. The minimum atomic E-state index is -0.250. The molecule has 1 aliphatic heterocycles. The van der Waals surface area contributed by atoms with E-state index in [1.54, 1.807) is 4.68 Å². The Hall–Kier alpha value is -4.01. The first kappa shape index (κ1) is 29.0. The van der Waals surface area contributed by atoms with Crippen LogP contribution in [-0.4, -0.2) is 51.3 Å². The molecule has 0 saturated carbocycles. The summed E-state index contributed by atoms with van der Waals surface area (Å²) in [5.74, 6) is 0.0424. The summed E-state index contributed by atoms with van der Waals surface area (Å²) in [6, 6.07) is 25.5. The third kappa shape index (κ3) is 7.77. The van der Waals surface area contributed by atoms with Gasteiger partial charge in [0.05, 0.1) is 17.6 Å². The summed E-state index contributed by atoms with van der Waals surface area (Å²) in [7, 11) is 0. The van der Waals surface area contributed by atoms with Crippen LogP contribution in [0.15, 0.2) is 83.7 Å². The van der Waals surface area contributed by atoms with Crippen molar-refractivity contribution in [3.63, 3.8) is 0 Å². The van der Waals surface area contributed by atoms with E-state index in [1.165, 1.54) is 0 Å². The van der Waals surface area contributed by atoms with Crippen molar-refractivity contribution in [3.8, 4) is 0 Å². The lowest BCUT2D eigenvalue weighted by Crippen LogP contribution is -2.39. The second kappa shape index (κ2) is 14.4. The Balaban J connectivity index is 0.00000118. The smallest absolute Gasteiger partial charge is 0.290 e. The molecule has 9 heteroatoms. The molecule has 8 nitrogen and oxygen atoms in total. The molecule has 208 valence electrons. The third-order valence-corrected chi connectivity index (χ3v) is 7.32. The molecule has 4 aromatic rings. The molecule has 0 unspecified atom stereocenters. The van der Waals surface area contributed by atoms with E-state index in [-0.39, 0.29) is 24.0 Å². The monoisotopic (exact) mass is 560 g/mol. The normalized spacial score (nSPS) is 14.9. The first-order chi connectivity index (χ1) is 19.5. The van der Waals surface area contributed by atoms with Gasteiger partial charge in [-0.05, 0) is 48.7 Å². The molecular formula is C31H33ClN4O4. The number of rotatable bonds is 9. The Morgan fingerprint density at radius 1 is 1.00 bits per heavy atom. The molecule has 40 heavy (non-hydrogen) atoms. The third-order valence-electron chi connectivity index (χ3n) is 7.07. The Morgan fingerprint density at radius 3 is 2.40 bits per heavy atom. The SMILES string of the molecule is O=C(CCN1CCC[C@@H]1Cn1nc(Cc2ccc(Cl)cc2)c2ccccc2c1=O)NCc1ccccc1.O=CO. The van der Waals surface area contributed by atoms with Gasteiger partial charge in [-0.2, -0.15) is 5.10 Å². The van der Waals surface area contributed by atoms with E-state index in [9.17, 15) is 9.59 Å². The number of benzene rings is 3. The predicted octanol–water partition coefficient (Wildman–Crippen LogP) is 4.51. The average Bonchev–Trinajstić information content (AvgIpc) is 3.42. The number of fused-ring (bicyclic) bond motifs is 1. The number of nitrogens with zero attached hydrogens (tertiary/aromatic N) is 3. The highest BCUT2D eigenvalue weighted by Gasteiger charge is 2.26. The Morgan fingerprint density at radius 2 is 1.68 bits per heavy atom. The van der Waals surface area contributed by atoms with E-state index in [2.05, 4.69) is 10.2 Å². The molecule has 1 aromatic heterocycles. The maximum Gasteiger partial charge on any atom is 0.290 e. The molecule has 2 N–H and O–H groups in total. The molecule has 5 rings (SSSR count). The zero-order chi connectivity index (χ0) is 28.3. The van der Waals surface area contributed by atoms with Gasteiger partial charge in [-0.3, -0.25) is 19.3 Å². The average molecular weight is 561 g/mol. The van der Waals surface area contributed by atoms with Crippen molar-refractivity contribution in [2.45, 2.75) is 44.8 Å². The van der Waals surface area contributed by atoms with Crippen molar-refractivity contribution in [2.75, 3.05) is 13.1 Å². The van der Waals surface area contributed by atoms with Crippen LogP contribution in [0.4, 0.5) is 0 Å². The summed E-state index contributed by atoms with van der Waals surface area (Å²) in [6.07, 6.45) is 3.09. The number of aromatic nitrogens is 2. The van der Waals surface area contributed by atoms with Crippen molar-refractivity contribution in [2.24, 2.45) is 0 Å². The Labute approximate surface area is 238 Å². The summed E-state index contributed by atoms with van der Waals surface area (Å²) in [5.41, 5.74) is 2.99. The van der Waals surface area contributed by atoms with E-state index >= 15 is 0 Å². The molecule has 1 saturated heterocycles. The predicted molar refractivity (Wildman–Crippen MR) is 156 cm³/mol. The van der Waals surface area contributed by atoms with Gasteiger partial charge >= 0.3 is 0 Å². The molecule has 2 heterocycles. The van der Waals surface area contributed by atoms with Crippen LogP contribution in [0, 0.1) is 0 Å². The van der Waals surface area contributed by atoms with Gasteiger partial charge in [-0.1, -0.05) is 72.3 Å². The second-order valence-electron chi connectivity index (χ2n) is 9.73. The number of carbonyl (C=O) groups excluding carboxylic acids is 1. The molecule has 1 fully saturated rings. The van der Waals surface area contributed by atoms with Crippen LogP contribution >= 0.6 is 11.6 Å². The molecule has 0 radical (unpaired) electrons. The molecule has 0 bridgehead atoms. The number of nitrogens with one attached hydrogen (secondary N) is 1. The van der Waals surface area contributed by atoms with E-state index in [4.69, 9.17) is 26.6 Å². The summed E-state index contributed by atoms with van der Waals surface area (Å²) >= 11 is 6.06. The fraction of sp³-hybridized carbons (Fsp3) is 0.290. The number of halogens is 1. The minimum Gasteiger partial charge on any atom is -0.483 e. The van der Waals surface area contributed by atoms with E-state index in [0.717, 1.165) is 41.6 Å². The Kier molecular flexibility index (Phi) is 10.4. The number of hydrogen-bond donors (Lipinski definition) is 2. The van der Waals surface area contributed by atoms with Crippen LogP contribution in [0.3, 0.4) is 0 Å². The minimum absolute atomic E-state index is 0.0424. The standard InChI is InChI=1S/C30H31ClN4O2.CH2O2/c31-24-14-12-22(13-15-24)19-28-26-10-4-5-11-27(26)30(37)35(33-28)21-25-9-6-17-34(25)18-16-29(36)32-20-23-7-2-1-3-8-23;2-1-3/h1-5,7-8,10-15,25H,6,9,16-21H2,(H,32,36);1H,(H,2,3)/t25-;/m1./s1. The highest BCUT2D eigenvalue weighted by molar-refractivity contribution is 6.30. The van der Waals surface area contributed by atoms with Crippen molar-refractivity contribution in [1.29, 1.82) is 0 Å². The Bertz CT molecular complexity index is 1470. The van der Waals surface area contributed by atoms with Gasteiger partial charge in [0.1, 0.15) is 0 Å². The van der Waals surface area contributed by atoms with Crippen LogP contribution < -0.4 is 10.9 Å². The van der Waals surface area contributed by atoms with Gasteiger partial charge in [-0.25, -0.2) is 4.68 Å². The van der Waals surface area contributed by atoms with Gasteiger partial charge in [0.2, 0.25) is 5.91 Å².